The molecule has 0 aliphatic heterocycles. The summed E-state index contributed by atoms with van der Waals surface area (Å²) in [7, 11) is 1.58. The summed E-state index contributed by atoms with van der Waals surface area (Å²) in [6, 6.07) is 10.6. The van der Waals surface area contributed by atoms with E-state index in [9.17, 15) is 19.6 Å². The average Bonchev–Trinajstić information content (AvgIpc) is 2.78. The molecule has 0 spiro atoms. The van der Waals surface area contributed by atoms with Crippen molar-refractivity contribution in [3.8, 4) is 0 Å². The Hall–Kier alpha value is -3.26. The number of carbonyl (C=O) groups is 3. The van der Waals surface area contributed by atoms with Crippen molar-refractivity contribution >= 4 is 23.5 Å². The first-order chi connectivity index (χ1) is 14.8. The standard InChI is InChI=1S/C23H30N4O4/c1-17(2)9-7-13-21(28)27(31)23(30)25-20(15-18-10-5-4-6-11-18)22(29)26(3)19-12-8-14-24-16-19/h4-6,8,10-12,14,16-17,20,31H,7,9,13,15H2,1-3H3,(H,25,30)/t20-/m0/s1. The Kier molecular flexibility index (Phi) is 9.14. The normalized spacial score (nSPS) is 11.6. The molecule has 0 aliphatic rings. The van der Waals surface area contributed by atoms with Crippen LogP contribution >= 0.6 is 0 Å². The van der Waals surface area contributed by atoms with Crippen molar-refractivity contribution in [2.75, 3.05) is 11.9 Å². The highest BCUT2D eigenvalue weighted by Gasteiger charge is 2.29. The maximum Gasteiger partial charge on any atom is 0.349 e. The number of nitrogens with one attached hydrogen (secondary N) is 1. The van der Waals surface area contributed by atoms with Crippen LogP contribution < -0.4 is 10.2 Å². The summed E-state index contributed by atoms with van der Waals surface area (Å²) >= 11 is 0. The van der Waals surface area contributed by atoms with Gasteiger partial charge in [0.15, 0.2) is 0 Å². The zero-order chi connectivity index (χ0) is 22.8. The molecule has 8 heteroatoms. The minimum absolute atomic E-state index is 0.0506. The summed E-state index contributed by atoms with van der Waals surface area (Å²) in [6.07, 6.45) is 4.76. The van der Waals surface area contributed by atoms with Crippen LogP contribution in [-0.4, -0.2) is 46.2 Å². The number of hydrogen-bond acceptors (Lipinski definition) is 5. The number of imide groups is 1. The average molecular weight is 427 g/mol. The molecule has 0 saturated carbocycles. The van der Waals surface area contributed by atoms with E-state index in [4.69, 9.17) is 0 Å². The molecule has 0 fully saturated rings. The van der Waals surface area contributed by atoms with E-state index in [1.54, 1.807) is 25.4 Å². The van der Waals surface area contributed by atoms with Gasteiger partial charge in [-0.2, -0.15) is 0 Å². The number of pyridine rings is 1. The zero-order valence-electron chi connectivity index (χ0n) is 18.2. The van der Waals surface area contributed by atoms with Crippen molar-refractivity contribution in [2.24, 2.45) is 5.92 Å². The number of nitrogens with zero attached hydrogens (tertiary/aromatic N) is 3. The Labute approximate surface area is 182 Å². The van der Waals surface area contributed by atoms with Gasteiger partial charge in [0.1, 0.15) is 6.04 Å². The van der Waals surface area contributed by atoms with Crippen LogP contribution in [0.2, 0.25) is 0 Å². The Balaban J connectivity index is 2.11. The number of aromatic nitrogens is 1. The molecule has 2 N–H and O–H groups in total. The third-order valence-electron chi connectivity index (χ3n) is 4.84. The van der Waals surface area contributed by atoms with Crippen LogP contribution in [0.25, 0.3) is 0 Å². The van der Waals surface area contributed by atoms with Gasteiger partial charge in [0, 0.05) is 26.1 Å². The third kappa shape index (κ3) is 7.49. The second-order valence-corrected chi connectivity index (χ2v) is 7.79. The number of hydrogen-bond donors (Lipinski definition) is 2. The molecule has 166 valence electrons. The van der Waals surface area contributed by atoms with Crippen molar-refractivity contribution in [1.82, 2.24) is 15.4 Å². The van der Waals surface area contributed by atoms with Crippen molar-refractivity contribution in [3.05, 3.63) is 60.4 Å². The van der Waals surface area contributed by atoms with E-state index in [0.29, 0.717) is 18.0 Å². The van der Waals surface area contributed by atoms with E-state index >= 15 is 0 Å². The summed E-state index contributed by atoms with van der Waals surface area (Å²) in [4.78, 5) is 43.2. The van der Waals surface area contributed by atoms with E-state index in [1.165, 1.54) is 11.1 Å². The first kappa shape index (κ1) is 24.0. The van der Waals surface area contributed by atoms with Gasteiger partial charge in [-0.1, -0.05) is 50.6 Å². The molecule has 2 aromatic rings. The number of benzene rings is 1. The molecule has 1 aromatic heterocycles. The molecule has 0 radical (unpaired) electrons. The number of anilines is 1. The van der Waals surface area contributed by atoms with Crippen molar-refractivity contribution in [3.63, 3.8) is 0 Å². The molecular formula is C23H30N4O4. The van der Waals surface area contributed by atoms with Crippen molar-refractivity contribution in [1.29, 1.82) is 0 Å². The molecule has 0 unspecified atom stereocenters. The SMILES string of the molecule is CC(C)CCCC(=O)N(O)C(=O)N[C@@H](Cc1ccccc1)C(=O)N(C)c1cccnc1. The molecule has 1 heterocycles. The molecule has 2 rings (SSSR count). The smallest absolute Gasteiger partial charge is 0.324 e. The van der Waals surface area contributed by atoms with Gasteiger partial charge in [-0.25, -0.2) is 4.79 Å². The van der Waals surface area contributed by atoms with Crippen LogP contribution in [0.4, 0.5) is 10.5 Å². The van der Waals surface area contributed by atoms with E-state index in [0.717, 1.165) is 12.0 Å². The van der Waals surface area contributed by atoms with E-state index in [-0.39, 0.29) is 17.9 Å². The predicted molar refractivity (Wildman–Crippen MR) is 117 cm³/mol. The molecule has 4 amide bonds. The quantitative estimate of drug-likeness (QED) is 0.472. The second-order valence-electron chi connectivity index (χ2n) is 7.79. The first-order valence-corrected chi connectivity index (χ1v) is 10.3. The van der Waals surface area contributed by atoms with Gasteiger partial charge in [0.05, 0.1) is 11.9 Å². The number of rotatable bonds is 9. The minimum atomic E-state index is -1.02. The monoisotopic (exact) mass is 426 g/mol. The Bertz CT molecular complexity index is 858. The predicted octanol–water partition coefficient (Wildman–Crippen LogP) is 3.41. The van der Waals surface area contributed by atoms with Crippen LogP contribution in [0.15, 0.2) is 54.9 Å². The minimum Gasteiger partial charge on any atom is -0.324 e. The lowest BCUT2D eigenvalue weighted by Gasteiger charge is -2.26. The van der Waals surface area contributed by atoms with E-state index in [1.807, 2.05) is 44.2 Å². The highest BCUT2D eigenvalue weighted by molar-refractivity contribution is 6.00. The summed E-state index contributed by atoms with van der Waals surface area (Å²) in [5.41, 5.74) is 1.39. The van der Waals surface area contributed by atoms with Gasteiger partial charge in [-0.15, -0.1) is 5.06 Å². The largest absolute Gasteiger partial charge is 0.349 e. The molecular weight excluding hydrogens is 396 g/mol. The van der Waals surface area contributed by atoms with Gasteiger partial charge in [-0.3, -0.25) is 19.8 Å². The van der Waals surface area contributed by atoms with Gasteiger partial charge in [0.25, 0.3) is 5.91 Å². The van der Waals surface area contributed by atoms with Crippen molar-refractivity contribution in [2.45, 2.75) is 45.6 Å². The number of carbonyl (C=O) groups excluding carboxylic acids is 3. The molecule has 31 heavy (non-hydrogen) atoms. The van der Waals surface area contributed by atoms with Crippen LogP contribution in [0.3, 0.4) is 0 Å². The lowest BCUT2D eigenvalue weighted by Crippen LogP contribution is -2.53. The topological polar surface area (TPSA) is 103 Å². The maximum absolute atomic E-state index is 13.1. The van der Waals surface area contributed by atoms with Crippen LogP contribution in [0, 0.1) is 5.92 Å². The zero-order valence-corrected chi connectivity index (χ0v) is 18.2. The molecule has 1 atom stereocenters. The summed E-state index contributed by atoms with van der Waals surface area (Å²) in [5.74, 6) is -0.680. The number of urea groups is 1. The number of amides is 4. The summed E-state index contributed by atoms with van der Waals surface area (Å²) in [6.45, 7) is 4.07. The van der Waals surface area contributed by atoms with Gasteiger partial charge >= 0.3 is 6.03 Å². The highest BCUT2D eigenvalue weighted by atomic mass is 16.5. The molecule has 0 bridgehead atoms. The summed E-state index contributed by atoms with van der Waals surface area (Å²) in [5, 5.41) is 12.6. The maximum atomic E-state index is 13.1. The second kappa shape index (κ2) is 11.8. The van der Waals surface area contributed by atoms with Crippen LogP contribution in [0.5, 0.6) is 0 Å². The van der Waals surface area contributed by atoms with Gasteiger partial charge in [-0.05, 0) is 30.0 Å². The Morgan fingerprint density at radius 2 is 1.81 bits per heavy atom. The molecule has 8 nitrogen and oxygen atoms in total. The van der Waals surface area contributed by atoms with E-state index in [2.05, 4.69) is 10.3 Å². The number of hydroxylamine groups is 2. The fourth-order valence-corrected chi connectivity index (χ4v) is 3.05. The lowest BCUT2D eigenvalue weighted by atomic mass is 10.0. The molecule has 0 aliphatic carbocycles. The lowest BCUT2D eigenvalue weighted by molar-refractivity contribution is -0.153. The molecule has 0 saturated heterocycles. The fourth-order valence-electron chi connectivity index (χ4n) is 3.05. The van der Waals surface area contributed by atoms with Crippen LogP contribution in [-0.2, 0) is 16.0 Å². The van der Waals surface area contributed by atoms with E-state index < -0.39 is 23.9 Å². The Morgan fingerprint density at radius 1 is 1.10 bits per heavy atom. The third-order valence-corrected chi connectivity index (χ3v) is 4.84. The van der Waals surface area contributed by atoms with Crippen LogP contribution in [0.1, 0.15) is 38.7 Å². The highest BCUT2D eigenvalue weighted by Crippen LogP contribution is 2.14. The fraction of sp³-hybridized carbons (Fsp3) is 0.391. The summed E-state index contributed by atoms with van der Waals surface area (Å²) < 4.78 is 0. The molecule has 1 aromatic carbocycles. The van der Waals surface area contributed by atoms with Gasteiger partial charge in [0.2, 0.25) is 5.91 Å². The first-order valence-electron chi connectivity index (χ1n) is 10.3. The van der Waals surface area contributed by atoms with Gasteiger partial charge < -0.3 is 10.2 Å². The Morgan fingerprint density at radius 3 is 2.42 bits per heavy atom. The number of likely N-dealkylation sites (N-methyl/N-ethyl adjacent to an activating group) is 1. The van der Waals surface area contributed by atoms with Crippen molar-refractivity contribution < 1.29 is 19.6 Å².